The second-order valence-corrected chi connectivity index (χ2v) is 7.54. The van der Waals surface area contributed by atoms with Gasteiger partial charge in [0.05, 0.1) is 17.4 Å². The van der Waals surface area contributed by atoms with Crippen LogP contribution in [-0.2, 0) is 6.54 Å². The first-order valence-electron chi connectivity index (χ1n) is 9.60. The number of hydrogen-bond acceptors (Lipinski definition) is 5. The van der Waals surface area contributed by atoms with E-state index in [0.717, 1.165) is 10.1 Å². The predicted molar refractivity (Wildman–Crippen MR) is 118 cm³/mol. The van der Waals surface area contributed by atoms with Gasteiger partial charge in [-0.1, -0.05) is 35.0 Å². The van der Waals surface area contributed by atoms with E-state index in [4.69, 9.17) is 16.1 Å². The highest BCUT2D eigenvalue weighted by Gasteiger charge is 2.14. The molecule has 0 aliphatic carbocycles. The SMILES string of the molecule is O=c1[nH]c2cc(-c3nc(-c4ccc(Cl)cc4)no3)ccc2c(=O)n1Cc1ccccc1F. The van der Waals surface area contributed by atoms with E-state index in [1.807, 2.05) is 0 Å². The molecule has 7 nitrogen and oxygen atoms in total. The number of aromatic amines is 1. The van der Waals surface area contributed by atoms with Crippen molar-refractivity contribution in [2.24, 2.45) is 0 Å². The maximum absolute atomic E-state index is 14.0. The van der Waals surface area contributed by atoms with Crippen molar-refractivity contribution in [2.45, 2.75) is 6.54 Å². The summed E-state index contributed by atoms with van der Waals surface area (Å²) in [6.07, 6.45) is 0. The van der Waals surface area contributed by atoms with Gasteiger partial charge < -0.3 is 9.51 Å². The second-order valence-electron chi connectivity index (χ2n) is 7.10. The van der Waals surface area contributed by atoms with Crippen molar-refractivity contribution < 1.29 is 8.91 Å². The summed E-state index contributed by atoms with van der Waals surface area (Å²) in [5.74, 6) is 0.126. The van der Waals surface area contributed by atoms with Crippen LogP contribution in [0.15, 0.2) is 80.8 Å². The fraction of sp³-hybridized carbons (Fsp3) is 0.0435. The van der Waals surface area contributed by atoms with E-state index >= 15 is 0 Å². The van der Waals surface area contributed by atoms with Crippen LogP contribution >= 0.6 is 11.6 Å². The molecule has 2 heterocycles. The molecule has 0 amide bonds. The van der Waals surface area contributed by atoms with Crippen LogP contribution in [0.25, 0.3) is 33.7 Å². The molecule has 0 aliphatic rings. The molecule has 5 rings (SSSR count). The minimum Gasteiger partial charge on any atom is -0.334 e. The summed E-state index contributed by atoms with van der Waals surface area (Å²) in [5, 5.41) is 4.85. The van der Waals surface area contributed by atoms with E-state index in [0.29, 0.717) is 21.9 Å². The molecular formula is C23H14ClFN4O3. The van der Waals surface area contributed by atoms with Crippen LogP contribution in [0, 0.1) is 5.82 Å². The molecule has 0 saturated heterocycles. The van der Waals surface area contributed by atoms with E-state index in [2.05, 4.69) is 15.1 Å². The topological polar surface area (TPSA) is 93.8 Å². The van der Waals surface area contributed by atoms with Crippen LogP contribution < -0.4 is 11.2 Å². The first-order chi connectivity index (χ1) is 15.5. The minimum atomic E-state index is -0.643. The van der Waals surface area contributed by atoms with E-state index in [1.54, 1.807) is 54.6 Å². The molecule has 9 heteroatoms. The van der Waals surface area contributed by atoms with Gasteiger partial charge in [-0.05, 0) is 48.5 Å². The molecular weight excluding hydrogens is 435 g/mol. The van der Waals surface area contributed by atoms with E-state index in [-0.39, 0.29) is 23.4 Å². The fourth-order valence-corrected chi connectivity index (χ4v) is 3.51. The molecule has 158 valence electrons. The van der Waals surface area contributed by atoms with Gasteiger partial charge in [-0.25, -0.2) is 9.18 Å². The molecule has 0 atom stereocenters. The van der Waals surface area contributed by atoms with Crippen LogP contribution in [0.4, 0.5) is 4.39 Å². The first-order valence-corrected chi connectivity index (χ1v) is 9.98. The van der Waals surface area contributed by atoms with Gasteiger partial charge in [0.1, 0.15) is 5.82 Å². The second kappa shape index (κ2) is 7.90. The van der Waals surface area contributed by atoms with Gasteiger partial charge >= 0.3 is 5.69 Å². The zero-order valence-electron chi connectivity index (χ0n) is 16.4. The summed E-state index contributed by atoms with van der Waals surface area (Å²) in [7, 11) is 0. The Labute approximate surface area is 184 Å². The third-order valence-corrected chi connectivity index (χ3v) is 5.30. The smallest absolute Gasteiger partial charge is 0.329 e. The quantitative estimate of drug-likeness (QED) is 0.443. The maximum Gasteiger partial charge on any atom is 0.329 e. The third-order valence-electron chi connectivity index (χ3n) is 5.04. The number of halogens is 2. The summed E-state index contributed by atoms with van der Waals surface area (Å²) in [6, 6.07) is 17.8. The number of rotatable bonds is 4. The average molecular weight is 449 g/mol. The Kier molecular flexibility index (Phi) is 4.91. The number of nitrogens with zero attached hydrogens (tertiary/aromatic N) is 3. The predicted octanol–water partition coefficient (Wildman–Crippen LogP) is 4.25. The lowest BCUT2D eigenvalue weighted by molar-refractivity contribution is 0.432. The highest BCUT2D eigenvalue weighted by molar-refractivity contribution is 6.30. The number of hydrogen-bond donors (Lipinski definition) is 1. The Bertz CT molecular complexity index is 1570. The summed E-state index contributed by atoms with van der Waals surface area (Å²) >= 11 is 5.91. The molecule has 2 aromatic heterocycles. The van der Waals surface area contributed by atoms with Gasteiger partial charge in [0.15, 0.2) is 0 Å². The van der Waals surface area contributed by atoms with Gasteiger partial charge in [0.2, 0.25) is 5.82 Å². The molecule has 0 aliphatic heterocycles. The molecule has 0 fully saturated rings. The average Bonchev–Trinajstić information content (AvgIpc) is 3.28. The summed E-state index contributed by atoms with van der Waals surface area (Å²) in [4.78, 5) is 32.5. The number of fused-ring (bicyclic) bond motifs is 1. The van der Waals surface area contributed by atoms with Gasteiger partial charge in [-0.15, -0.1) is 0 Å². The lowest BCUT2D eigenvalue weighted by Gasteiger charge is -2.08. The number of H-pyrrole nitrogens is 1. The first kappa shape index (κ1) is 19.9. The maximum atomic E-state index is 14.0. The molecule has 0 saturated carbocycles. The van der Waals surface area contributed by atoms with Gasteiger partial charge in [0, 0.05) is 21.7 Å². The van der Waals surface area contributed by atoms with Crippen LogP contribution in [0.3, 0.4) is 0 Å². The zero-order valence-corrected chi connectivity index (χ0v) is 17.1. The summed E-state index contributed by atoms with van der Waals surface area (Å²) in [5.41, 5.74) is 0.660. The van der Waals surface area contributed by atoms with Gasteiger partial charge in [-0.3, -0.25) is 9.36 Å². The lowest BCUT2D eigenvalue weighted by Crippen LogP contribution is -2.35. The van der Waals surface area contributed by atoms with Crippen molar-refractivity contribution in [3.05, 3.63) is 104 Å². The Morgan fingerprint density at radius 3 is 2.53 bits per heavy atom. The summed E-state index contributed by atoms with van der Waals surface area (Å²) < 4.78 is 20.3. The Morgan fingerprint density at radius 2 is 1.75 bits per heavy atom. The van der Waals surface area contributed by atoms with Crippen molar-refractivity contribution in [1.29, 1.82) is 0 Å². The summed E-state index contributed by atoms with van der Waals surface area (Å²) in [6.45, 7) is -0.174. The van der Waals surface area contributed by atoms with Gasteiger partial charge in [0.25, 0.3) is 11.4 Å². The molecule has 1 N–H and O–H groups in total. The third kappa shape index (κ3) is 3.61. The van der Waals surface area contributed by atoms with Gasteiger partial charge in [-0.2, -0.15) is 4.98 Å². The Morgan fingerprint density at radius 1 is 1.00 bits per heavy atom. The van der Waals surface area contributed by atoms with E-state index < -0.39 is 17.1 Å². The van der Waals surface area contributed by atoms with Crippen molar-refractivity contribution >= 4 is 22.5 Å². The van der Waals surface area contributed by atoms with Crippen LogP contribution in [0.1, 0.15) is 5.56 Å². The number of benzene rings is 3. The Balaban J connectivity index is 1.53. The molecule has 0 spiro atoms. The van der Waals surface area contributed by atoms with Crippen LogP contribution in [0.5, 0.6) is 0 Å². The van der Waals surface area contributed by atoms with Crippen LogP contribution in [0.2, 0.25) is 5.02 Å². The largest absolute Gasteiger partial charge is 0.334 e. The lowest BCUT2D eigenvalue weighted by atomic mass is 10.1. The molecule has 3 aromatic carbocycles. The molecule has 0 radical (unpaired) electrons. The standard InChI is InChI=1S/C23H14ClFN4O3/c24-16-8-5-13(6-9-16)20-27-21(32-28-20)14-7-10-17-19(11-14)26-23(31)29(22(17)30)12-15-3-1-2-4-18(15)25/h1-11H,12H2,(H,26,31). The molecule has 32 heavy (non-hydrogen) atoms. The van der Waals surface area contributed by atoms with Crippen molar-refractivity contribution in [2.75, 3.05) is 0 Å². The normalized spacial score (nSPS) is 11.2. The highest BCUT2D eigenvalue weighted by Crippen LogP contribution is 2.24. The number of aromatic nitrogens is 4. The van der Waals surface area contributed by atoms with Crippen molar-refractivity contribution in [3.8, 4) is 22.8 Å². The van der Waals surface area contributed by atoms with Crippen molar-refractivity contribution in [3.63, 3.8) is 0 Å². The van der Waals surface area contributed by atoms with E-state index in [1.165, 1.54) is 12.1 Å². The molecule has 0 bridgehead atoms. The molecule has 5 aromatic rings. The van der Waals surface area contributed by atoms with E-state index in [9.17, 15) is 14.0 Å². The monoisotopic (exact) mass is 448 g/mol. The highest BCUT2D eigenvalue weighted by atomic mass is 35.5. The Hall–Kier alpha value is -4.04. The fourth-order valence-electron chi connectivity index (χ4n) is 3.39. The number of nitrogens with one attached hydrogen (secondary N) is 1. The van der Waals surface area contributed by atoms with Crippen LogP contribution in [-0.4, -0.2) is 19.7 Å². The molecule has 0 unspecified atom stereocenters. The minimum absolute atomic E-state index is 0.174. The zero-order chi connectivity index (χ0) is 22.2. The van der Waals surface area contributed by atoms with Crippen molar-refractivity contribution in [1.82, 2.24) is 19.7 Å².